The Bertz CT molecular complexity index is 859. The number of sulfonamides is 1. The predicted molar refractivity (Wildman–Crippen MR) is 97.4 cm³/mol. The van der Waals surface area contributed by atoms with Crippen LogP contribution in [0.3, 0.4) is 0 Å². The molecule has 1 fully saturated rings. The van der Waals surface area contributed by atoms with Gasteiger partial charge in [-0.05, 0) is 25.0 Å². The highest BCUT2D eigenvalue weighted by molar-refractivity contribution is 7.88. The van der Waals surface area contributed by atoms with Gasteiger partial charge in [-0.25, -0.2) is 17.7 Å². The van der Waals surface area contributed by atoms with Crippen molar-refractivity contribution in [2.24, 2.45) is 5.92 Å². The van der Waals surface area contributed by atoms with E-state index in [1.807, 2.05) is 0 Å². The van der Waals surface area contributed by atoms with E-state index < -0.39 is 15.9 Å². The zero-order valence-corrected chi connectivity index (χ0v) is 15.9. The number of hydrogen-bond acceptors (Lipinski definition) is 5. The third-order valence-electron chi connectivity index (χ3n) is 3.90. The Morgan fingerprint density at radius 3 is 2.75 bits per heavy atom. The molecule has 0 saturated carbocycles. The molecule has 1 aliphatic heterocycles. The number of piperidine rings is 1. The molecule has 3 rings (SSSR count). The Kier molecular flexibility index (Phi) is 5.04. The number of hydrogen-bond donors (Lipinski definition) is 1. The first-order chi connectivity index (χ1) is 11.3. The van der Waals surface area contributed by atoms with Crippen LogP contribution in [-0.2, 0) is 14.8 Å². The van der Waals surface area contributed by atoms with Gasteiger partial charge in [0.15, 0.2) is 5.13 Å². The molecule has 10 heteroatoms. The molecule has 0 spiro atoms. The molecule has 1 amide bonds. The molecule has 1 aromatic heterocycles. The van der Waals surface area contributed by atoms with Gasteiger partial charge < -0.3 is 5.32 Å². The number of anilines is 1. The summed E-state index contributed by atoms with van der Waals surface area (Å²) in [5, 5.41) is 4.15. The van der Waals surface area contributed by atoms with Crippen LogP contribution in [0.5, 0.6) is 0 Å². The summed E-state index contributed by atoms with van der Waals surface area (Å²) in [6.45, 7) is 0.645. The molecule has 130 valence electrons. The van der Waals surface area contributed by atoms with Gasteiger partial charge in [0.1, 0.15) is 5.52 Å². The van der Waals surface area contributed by atoms with Crippen LogP contribution in [0.15, 0.2) is 12.1 Å². The fourth-order valence-electron chi connectivity index (χ4n) is 2.66. The molecule has 1 aromatic carbocycles. The largest absolute Gasteiger partial charge is 0.302 e. The lowest BCUT2D eigenvalue weighted by atomic mass is 9.99. The van der Waals surface area contributed by atoms with Crippen LogP contribution in [0.4, 0.5) is 5.13 Å². The first-order valence-electron chi connectivity index (χ1n) is 7.26. The lowest BCUT2D eigenvalue weighted by molar-refractivity contribution is -0.120. The first kappa shape index (κ1) is 17.9. The maximum Gasteiger partial charge on any atom is 0.230 e. The third kappa shape index (κ3) is 3.67. The van der Waals surface area contributed by atoms with Gasteiger partial charge in [-0.1, -0.05) is 34.5 Å². The average Bonchev–Trinajstić information content (AvgIpc) is 2.95. The van der Waals surface area contributed by atoms with Crippen molar-refractivity contribution in [3.05, 3.63) is 22.2 Å². The predicted octanol–water partition coefficient (Wildman–Crippen LogP) is 3.21. The fourth-order valence-corrected chi connectivity index (χ4v) is 5.00. The second-order valence-corrected chi connectivity index (χ2v) is 9.47. The van der Waals surface area contributed by atoms with Crippen molar-refractivity contribution in [2.45, 2.75) is 12.8 Å². The van der Waals surface area contributed by atoms with Crippen LogP contribution in [-0.4, -0.2) is 43.0 Å². The topological polar surface area (TPSA) is 79.4 Å². The lowest BCUT2D eigenvalue weighted by Crippen LogP contribution is -2.43. The molecule has 2 heterocycles. The van der Waals surface area contributed by atoms with Crippen LogP contribution < -0.4 is 5.32 Å². The molecule has 24 heavy (non-hydrogen) atoms. The Labute approximate surface area is 153 Å². The van der Waals surface area contributed by atoms with Crippen molar-refractivity contribution in [3.63, 3.8) is 0 Å². The zero-order chi connectivity index (χ0) is 17.5. The number of benzene rings is 1. The number of thiazole rings is 1. The van der Waals surface area contributed by atoms with Gasteiger partial charge >= 0.3 is 0 Å². The van der Waals surface area contributed by atoms with E-state index in [9.17, 15) is 13.2 Å². The van der Waals surface area contributed by atoms with E-state index in [0.29, 0.717) is 44.8 Å². The summed E-state index contributed by atoms with van der Waals surface area (Å²) < 4.78 is 25.4. The number of carbonyl (C=O) groups is 1. The molecule has 6 nitrogen and oxygen atoms in total. The summed E-state index contributed by atoms with van der Waals surface area (Å²) in [6, 6.07) is 3.34. The normalized spacial score (nSPS) is 19.5. The number of nitrogens with one attached hydrogen (secondary N) is 1. The number of halogens is 2. The fraction of sp³-hybridized carbons (Fsp3) is 0.429. The number of nitrogens with zero attached hydrogens (tertiary/aromatic N) is 2. The van der Waals surface area contributed by atoms with Gasteiger partial charge in [0, 0.05) is 13.1 Å². The third-order valence-corrected chi connectivity index (χ3v) is 6.91. The molecule has 1 saturated heterocycles. The van der Waals surface area contributed by atoms with E-state index in [2.05, 4.69) is 10.3 Å². The van der Waals surface area contributed by atoms with Crippen LogP contribution in [0.1, 0.15) is 12.8 Å². The van der Waals surface area contributed by atoms with E-state index in [1.54, 1.807) is 12.1 Å². The molecule has 1 atom stereocenters. The summed E-state index contributed by atoms with van der Waals surface area (Å²) in [5.41, 5.74) is 0.547. The molecular weight excluding hydrogens is 393 g/mol. The van der Waals surface area contributed by atoms with Gasteiger partial charge in [-0.15, -0.1) is 0 Å². The molecule has 0 radical (unpaired) electrons. The molecule has 0 unspecified atom stereocenters. The smallest absolute Gasteiger partial charge is 0.230 e. The summed E-state index contributed by atoms with van der Waals surface area (Å²) >= 11 is 13.5. The molecule has 1 aliphatic rings. The molecular formula is C14H15Cl2N3O3S2. The number of fused-ring (bicyclic) bond motifs is 1. The number of rotatable bonds is 3. The standard InChI is InChI=1S/C14H15Cl2N3O3S2/c1-24(21,22)19-6-2-3-8(7-19)13(20)18-14-17-11-9(15)4-5-10(16)12(11)23-14/h4-5,8H,2-3,6-7H2,1H3,(H,17,18,20)/t8-/m1/s1. The van der Waals surface area contributed by atoms with Crippen molar-refractivity contribution >= 4 is 65.8 Å². The monoisotopic (exact) mass is 407 g/mol. The summed E-state index contributed by atoms with van der Waals surface area (Å²) in [5.74, 6) is -0.638. The van der Waals surface area contributed by atoms with E-state index in [1.165, 1.54) is 15.6 Å². The summed E-state index contributed by atoms with van der Waals surface area (Å²) in [4.78, 5) is 16.8. The first-order valence-corrected chi connectivity index (χ1v) is 10.7. The minimum atomic E-state index is -3.29. The average molecular weight is 408 g/mol. The molecule has 1 N–H and O–H groups in total. The Balaban J connectivity index is 1.77. The van der Waals surface area contributed by atoms with E-state index in [4.69, 9.17) is 23.2 Å². The van der Waals surface area contributed by atoms with Crippen LogP contribution in [0, 0.1) is 5.92 Å². The highest BCUT2D eigenvalue weighted by Crippen LogP contribution is 2.36. The maximum atomic E-state index is 12.5. The second kappa shape index (κ2) is 6.76. The molecule has 0 aliphatic carbocycles. The zero-order valence-electron chi connectivity index (χ0n) is 12.8. The highest BCUT2D eigenvalue weighted by atomic mass is 35.5. The Morgan fingerprint density at radius 1 is 1.38 bits per heavy atom. The van der Waals surface area contributed by atoms with E-state index in [-0.39, 0.29) is 12.5 Å². The molecule has 0 bridgehead atoms. The van der Waals surface area contributed by atoms with Gasteiger partial charge in [-0.2, -0.15) is 0 Å². The number of aromatic nitrogens is 1. The van der Waals surface area contributed by atoms with Crippen LogP contribution >= 0.6 is 34.5 Å². The highest BCUT2D eigenvalue weighted by Gasteiger charge is 2.30. The summed E-state index contributed by atoms with van der Waals surface area (Å²) in [7, 11) is -3.29. The summed E-state index contributed by atoms with van der Waals surface area (Å²) in [6.07, 6.45) is 2.46. The van der Waals surface area contributed by atoms with E-state index >= 15 is 0 Å². The van der Waals surface area contributed by atoms with Gasteiger partial charge in [-0.3, -0.25) is 4.79 Å². The van der Waals surface area contributed by atoms with Gasteiger partial charge in [0.2, 0.25) is 15.9 Å². The van der Waals surface area contributed by atoms with Crippen molar-refractivity contribution in [1.29, 1.82) is 0 Å². The van der Waals surface area contributed by atoms with Gasteiger partial charge in [0.05, 0.1) is 26.9 Å². The molecule has 2 aromatic rings. The number of amides is 1. The van der Waals surface area contributed by atoms with Crippen LogP contribution in [0.2, 0.25) is 10.0 Å². The van der Waals surface area contributed by atoms with Crippen molar-refractivity contribution in [1.82, 2.24) is 9.29 Å². The SMILES string of the molecule is CS(=O)(=O)N1CCC[C@@H](C(=O)Nc2nc3c(Cl)ccc(Cl)c3s2)C1. The van der Waals surface area contributed by atoms with Gasteiger partial charge in [0.25, 0.3) is 0 Å². The lowest BCUT2D eigenvalue weighted by Gasteiger charge is -2.29. The van der Waals surface area contributed by atoms with Crippen molar-refractivity contribution < 1.29 is 13.2 Å². The quantitative estimate of drug-likeness (QED) is 0.846. The van der Waals surface area contributed by atoms with Crippen molar-refractivity contribution in [3.8, 4) is 0 Å². The number of carbonyl (C=O) groups excluding carboxylic acids is 1. The van der Waals surface area contributed by atoms with Crippen molar-refractivity contribution in [2.75, 3.05) is 24.7 Å². The Morgan fingerprint density at radius 2 is 2.08 bits per heavy atom. The minimum Gasteiger partial charge on any atom is -0.302 e. The second-order valence-electron chi connectivity index (χ2n) is 5.68. The van der Waals surface area contributed by atoms with Crippen LogP contribution in [0.25, 0.3) is 10.2 Å². The Hall–Kier alpha value is -0.930. The minimum absolute atomic E-state index is 0.192. The van der Waals surface area contributed by atoms with E-state index in [0.717, 1.165) is 6.26 Å². The maximum absolute atomic E-state index is 12.5.